The van der Waals surface area contributed by atoms with Crippen LogP contribution in [0.3, 0.4) is 0 Å². The molecule has 0 saturated carbocycles. The number of amides is 1. The molecule has 1 amide bonds. The molecular formula is C21H21N3O3. The van der Waals surface area contributed by atoms with Gasteiger partial charge in [0.2, 0.25) is 0 Å². The van der Waals surface area contributed by atoms with Gasteiger partial charge in [-0.3, -0.25) is 4.79 Å². The highest BCUT2D eigenvalue weighted by atomic mass is 16.4. The summed E-state index contributed by atoms with van der Waals surface area (Å²) in [5, 5.41) is 12.4. The lowest BCUT2D eigenvalue weighted by atomic mass is 9.79. The van der Waals surface area contributed by atoms with E-state index in [4.69, 9.17) is 0 Å². The number of hydrogen-bond acceptors (Lipinski definition) is 3. The highest BCUT2D eigenvalue weighted by Gasteiger charge is 2.28. The second-order valence-corrected chi connectivity index (χ2v) is 7.00. The quantitative estimate of drug-likeness (QED) is 0.730. The van der Waals surface area contributed by atoms with Crippen LogP contribution in [0.5, 0.6) is 0 Å². The van der Waals surface area contributed by atoms with Crippen LogP contribution in [0.25, 0.3) is 5.65 Å². The molecule has 2 heterocycles. The number of benzene rings is 1. The largest absolute Gasteiger partial charge is 0.480 e. The first-order valence-corrected chi connectivity index (χ1v) is 9.16. The number of aromatic nitrogens is 2. The van der Waals surface area contributed by atoms with E-state index in [0.717, 1.165) is 24.9 Å². The van der Waals surface area contributed by atoms with Crippen LogP contribution < -0.4 is 5.32 Å². The molecule has 4 rings (SSSR count). The van der Waals surface area contributed by atoms with Gasteiger partial charge in [0.05, 0.1) is 5.56 Å². The maximum Gasteiger partial charge on any atom is 0.326 e. The number of carboxylic acids is 1. The molecule has 3 aromatic rings. The van der Waals surface area contributed by atoms with Gasteiger partial charge in [0.25, 0.3) is 5.91 Å². The Morgan fingerprint density at radius 3 is 2.96 bits per heavy atom. The highest BCUT2D eigenvalue weighted by Crippen LogP contribution is 2.34. The molecule has 6 nitrogen and oxygen atoms in total. The Bertz CT molecular complexity index is 995. The van der Waals surface area contributed by atoms with Crippen LogP contribution >= 0.6 is 0 Å². The maximum absolute atomic E-state index is 12.6. The summed E-state index contributed by atoms with van der Waals surface area (Å²) >= 11 is 0. The van der Waals surface area contributed by atoms with Gasteiger partial charge in [-0.25, -0.2) is 9.78 Å². The fraction of sp³-hybridized carbons (Fsp3) is 0.286. The molecule has 0 fully saturated rings. The standard InChI is InChI=1S/C21H21N3O3/c25-20(16-8-9-19-22-10-11-24(19)13-16)23-18(21(26)27)12-15-6-3-5-14-4-1-2-7-17(14)15/h1-2,4,7-11,13,15,18H,3,5-6,12H2,(H,23,25)(H,26,27). The molecule has 0 saturated heterocycles. The van der Waals surface area contributed by atoms with Crippen molar-refractivity contribution in [1.29, 1.82) is 0 Å². The Balaban J connectivity index is 1.51. The smallest absolute Gasteiger partial charge is 0.326 e. The van der Waals surface area contributed by atoms with Gasteiger partial charge in [0, 0.05) is 18.6 Å². The minimum Gasteiger partial charge on any atom is -0.480 e. The van der Waals surface area contributed by atoms with Crippen LogP contribution in [0.15, 0.2) is 55.0 Å². The van der Waals surface area contributed by atoms with Gasteiger partial charge in [-0.1, -0.05) is 24.3 Å². The highest BCUT2D eigenvalue weighted by molar-refractivity contribution is 5.96. The molecule has 1 aromatic carbocycles. The van der Waals surface area contributed by atoms with Gasteiger partial charge >= 0.3 is 5.97 Å². The molecule has 2 N–H and O–H groups in total. The van der Waals surface area contributed by atoms with Crippen molar-refractivity contribution in [1.82, 2.24) is 14.7 Å². The van der Waals surface area contributed by atoms with E-state index in [1.54, 1.807) is 35.1 Å². The van der Waals surface area contributed by atoms with E-state index in [-0.39, 0.29) is 11.8 Å². The summed E-state index contributed by atoms with van der Waals surface area (Å²) in [4.78, 5) is 28.5. The van der Waals surface area contributed by atoms with Crippen LogP contribution in [0.4, 0.5) is 0 Å². The molecule has 1 aliphatic rings. The summed E-state index contributed by atoms with van der Waals surface area (Å²) in [6.07, 6.45) is 8.47. The first kappa shape index (κ1) is 17.3. The maximum atomic E-state index is 12.6. The van der Waals surface area contributed by atoms with E-state index in [0.29, 0.717) is 12.0 Å². The average Bonchev–Trinajstić information content (AvgIpc) is 3.15. The monoisotopic (exact) mass is 363 g/mol. The molecule has 2 atom stereocenters. The van der Waals surface area contributed by atoms with Gasteiger partial charge in [-0.2, -0.15) is 0 Å². The van der Waals surface area contributed by atoms with Crippen molar-refractivity contribution >= 4 is 17.5 Å². The molecular weight excluding hydrogens is 342 g/mol. The summed E-state index contributed by atoms with van der Waals surface area (Å²) in [7, 11) is 0. The Labute approximate surface area is 156 Å². The van der Waals surface area contributed by atoms with E-state index >= 15 is 0 Å². The minimum atomic E-state index is -1.00. The van der Waals surface area contributed by atoms with Crippen molar-refractivity contribution in [3.63, 3.8) is 0 Å². The molecule has 1 aliphatic carbocycles. The first-order valence-electron chi connectivity index (χ1n) is 9.16. The lowest BCUT2D eigenvalue weighted by Crippen LogP contribution is -2.42. The molecule has 0 spiro atoms. The Morgan fingerprint density at radius 2 is 2.11 bits per heavy atom. The number of fused-ring (bicyclic) bond motifs is 2. The van der Waals surface area contributed by atoms with Crippen LogP contribution in [0, 0.1) is 0 Å². The van der Waals surface area contributed by atoms with E-state index < -0.39 is 12.0 Å². The zero-order valence-corrected chi connectivity index (χ0v) is 14.8. The Morgan fingerprint density at radius 1 is 1.26 bits per heavy atom. The van der Waals surface area contributed by atoms with Gasteiger partial charge in [-0.05, 0) is 54.9 Å². The molecule has 0 bridgehead atoms. The van der Waals surface area contributed by atoms with Crippen LogP contribution in [-0.4, -0.2) is 32.4 Å². The third kappa shape index (κ3) is 3.56. The second kappa shape index (κ2) is 7.23. The third-order valence-corrected chi connectivity index (χ3v) is 5.27. The summed E-state index contributed by atoms with van der Waals surface area (Å²) in [6, 6.07) is 10.7. The Hall–Kier alpha value is -3.15. The third-order valence-electron chi connectivity index (χ3n) is 5.27. The van der Waals surface area contributed by atoms with Gasteiger partial charge in [0.1, 0.15) is 11.7 Å². The van der Waals surface area contributed by atoms with Gasteiger partial charge in [0.15, 0.2) is 0 Å². The topological polar surface area (TPSA) is 83.7 Å². The minimum absolute atomic E-state index is 0.146. The van der Waals surface area contributed by atoms with Crippen molar-refractivity contribution in [2.24, 2.45) is 0 Å². The zero-order valence-electron chi connectivity index (χ0n) is 14.8. The number of hydrogen-bond donors (Lipinski definition) is 2. The van der Waals surface area contributed by atoms with Crippen molar-refractivity contribution in [2.45, 2.75) is 37.6 Å². The number of pyridine rings is 1. The average molecular weight is 363 g/mol. The van der Waals surface area contributed by atoms with E-state index in [1.165, 1.54) is 11.1 Å². The first-order chi connectivity index (χ1) is 13.1. The summed E-state index contributed by atoms with van der Waals surface area (Å²) in [5.74, 6) is -1.25. The number of nitrogens with one attached hydrogen (secondary N) is 1. The number of imidazole rings is 1. The van der Waals surface area contributed by atoms with Crippen LogP contribution in [0.2, 0.25) is 0 Å². The number of nitrogens with zero attached hydrogens (tertiary/aromatic N) is 2. The molecule has 138 valence electrons. The van der Waals surface area contributed by atoms with Crippen molar-refractivity contribution < 1.29 is 14.7 Å². The zero-order chi connectivity index (χ0) is 18.8. The van der Waals surface area contributed by atoms with Crippen molar-refractivity contribution in [2.75, 3.05) is 0 Å². The summed E-state index contributed by atoms with van der Waals surface area (Å²) in [5.41, 5.74) is 3.65. The number of carbonyl (C=O) groups excluding carboxylic acids is 1. The molecule has 27 heavy (non-hydrogen) atoms. The van der Waals surface area contributed by atoms with Crippen molar-refractivity contribution in [3.05, 3.63) is 71.7 Å². The number of aryl methyl sites for hydroxylation is 1. The Kier molecular flexibility index (Phi) is 4.62. The lowest BCUT2D eigenvalue weighted by Gasteiger charge is -2.28. The predicted octanol–water partition coefficient (Wildman–Crippen LogP) is 3.03. The summed E-state index contributed by atoms with van der Waals surface area (Å²) in [6.45, 7) is 0. The number of carbonyl (C=O) groups is 2. The molecule has 6 heteroatoms. The fourth-order valence-electron chi connectivity index (χ4n) is 3.90. The van der Waals surface area contributed by atoms with E-state index in [2.05, 4.69) is 22.4 Å². The molecule has 0 aliphatic heterocycles. The van der Waals surface area contributed by atoms with Gasteiger partial charge < -0.3 is 14.8 Å². The van der Waals surface area contributed by atoms with Gasteiger partial charge in [-0.15, -0.1) is 0 Å². The number of rotatable bonds is 5. The fourth-order valence-corrected chi connectivity index (χ4v) is 3.90. The normalized spacial score (nSPS) is 17.3. The predicted molar refractivity (Wildman–Crippen MR) is 101 cm³/mol. The lowest BCUT2D eigenvalue weighted by molar-refractivity contribution is -0.139. The van der Waals surface area contributed by atoms with E-state index in [9.17, 15) is 14.7 Å². The SMILES string of the molecule is O=C(NC(CC1CCCc2ccccc21)C(=O)O)c1ccc2nccn2c1. The molecule has 2 aromatic heterocycles. The molecule has 0 radical (unpaired) electrons. The number of aliphatic carboxylic acids is 1. The van der Waals surface area contributed by atoms with Crippen LogP contribution in [-0.2, 0) is 11.2 Å². The number of carboxylic acid groups (broad SMARTS) is 1. The second-order valence-electron chi connectivity index (χ2n) is 7.00. The van der Waals surface area contributed by atoms with E-state index in [1.807, 2.05) is 12.1 Å². The van der Waals surface area contributed by atoms with Crippen molar-refractivity contribution in [3.8, 4) is 0 Å². The molecule has 2 unspecified atom stereocenters. The van der Waals surface area contributed by atoms with Crippen LogP contribution in [0.1, 0.15) is 46.7 Å². The summed E-state index contributed by atoms with van der Waals surface area (Å²) < 4.78 is 1.74.